The van der Waals surface area contributed by atoms with Crippen molar-refractivity contribution in [2.24, 2.45) is 0 Å². The van der Waals surface area contributed by atoms with E-state index in [-0.39, 0.29) is 30.1 Å². The molecule has 1 aliphatic heterocycles. The van der Waals surface area contributed by atoms with Gasteiger partial charge in [-0.1, -0.05) is 0 Å². The van der Waals surface area contributed by atoms with Crippen molar-refractivity contribution in [3.05, 3.63) is 20.8 Å². The van der Waals surface area contributed by atoms with E-state index in [1.165, 1.54) is 0 Å². The Morgan fingerprint density at radius 2 is 2.22 bits per heavy atom. The second-order valence-electron chi connectivity index (χ2n) is 4.92. The van der Waals surface area contributed by atoms with E-state index in [2.05, 4.69) is 19.5 Å². The van der Waals surface area contributed by atoms with E-state index in [9.17, 15) is 19.3 Å². The number of nitrogens with zero attached hydrogens (tertiary/aromatic N) is 2. The standard InChI is InChI=1S/C10H12N5O7P/c11-9-13-7-6(8(17)14-9)12-10(18)15(7)5-1-3(16)4(22-5)2-21-23(19)20/h3-5,16H,1-2H2,(H4-,11,12,13,14,17,18,19,20)/p+1. The molecular weight excluding hydrogens is 333 g/mol. The number of anilines is 1. The van der Waals surface area contributed by atoms with Crippen LogP contribution in [0.2, 0.25) is 0 Å². The molecule has 1 aliphatic rings. The highest BCUT2D eigenvalue weighted by molar-refractivity contribution is 7.32. The van der Waals surface area contributed by atoms with Crippen molar-refractivity contribution < 1.29 is 23.8 Å². The van der Waals surface area contributed by atoms with Crippen LogP contribution in [0.5, 0.6) is 0 Å². The van der Waals surface area contributed by atoms with Crippen LogP contribution in [0.3, 0.4) is 0 Å². The topological polar surface area (TPSA) is 186 Å². The fourth-order valence-electron chi connectivity index (χ4n) is 2.46. The van der Waals surface area contributed by atoms with E-state index in [1.54, 1.807) is 0 Å². The van der Waals surface area contributed by atoms with E-state index in [0.717, 1.165) is 4.57 Å². The third kappa shape index (κ3) is 2.90. The Labute approximate surface area is 127 Å². The Kier molecular flexibility index (Phi) is 4.00. The number of nitrogens with two attached hydrogens (primary N) is 1. The van der Waals surface area contributed by atoms with Gasteiger partial charge in [-0.25, -0.2) is 9.36 Å². The minimum absolute atomic E-state index is 0.0109. The summed E-state index contributed by atoms with van der Waals surface area (Å²) in [5.41, 5.74) is 4.12. The van der Waals surface area contributed by atoms with Gasteiger partial charge in [-0.15, -0.1) is 9.42 Å². The molecule has 0 aromatic carbocycles. The number of H-pyrrole nitrogens is 2. The predicted octanol–water partition coefficient (Wildman–Crippen LogP) is -1.69. The number of aliphatic hydroxyl groups excluding tert-OH is 1. The lowest BCUT2D eigenvalue weighted by Crippen LogP contribution is -2.26. The second-order valence-corrected chi connectivity index (χ2v) is 5.65. The Balaban J connectivity index is 1.95. The average Bonchev–Trinajstić information content (AvgIpc) is 2.96. The van der Waals surface area contributed by atoms with Crippen LogP contribution in [0.25, 0.3) is 11.2 Å². The van der Waals surface area contributed by atoms with Crippen LogP contribution in [0.1, 0.15) is 12.6 Å². The molecule has 124 valence electrons. The SMILES string of the molecule is Nc1nc2c([nH]c(=O)n2C2CC(O)C(CO[P+](=O)O)O2)c(=O)[nH]1. The molecule has 0 amide bonds. The number of ether oxygens (including phenoxy) is 1. The van der Waals surface area contributed by atoms with Gasteiger partial charge in [-0.2, -0.15) is 4.98 Å². The summed E-state index contributed by atoms with van der Waals surface area (Å²) < 4.78 is 21.6. The molecule has 0 radical (unpaired) electrons. The van der Waals surface area contributed by atoms with Crippen molar-refractivity contribution >= 4 is 25.4 Å². The molecule has 13 heteroatoms. The van der Waals surface area contributed by atoms with Crippen LogP contribution < -0.4 is 17.0 Å². The minimum atomic E-state index is -2.83. The molecular formula is C10H13N5O7P+. The van der Waals surface area contributed by atoms with Crippen molar-refractivity contribution in [3.63, 3.8) is 0 Å². The lowest BCUT2D eigenvalue weighted by Gasteiger charge is -2.12. The van der Waals surface area contributed by atoms with Gasteiger partial charge in [0.2, 0.25) is 5.95 Å². The van der Waals surface area contributed by atoms with Gasteiger partial charge in [0.05, 0.1) is 6.10 Å². The Morgan fingerprint density at radius 3 is 2.91 bits per heavy atom. The molecule has 2 aromatic heterocycles. The predicted molar refractivity (Wildman–Crippen MR) is 75.7 cm³/mol. The fourth-order valence-corrected chi connectivity index (χ4v) is 2.73. The molecule has 0 spiro atoms. The third-order valence-electron chi connectivity index (χ3n) is 3.44. The van der Waals surface area contributed by atoms with Gasteiger partial charge in [0.25, 0.3) is 5.56 Å². The summed E-state index contributed by atoms with van der Waals surface area (Å²) in [6.07, 6.45) is -2.84. The van der Waals surface area contributed by atoms with E-state index in [1.807, 2.05) is 0 Å². The zero-order valence-corrected chi connectivity index (χ0v) is 12.4. The van der Waals surface area contributed by atoms with Gasteiger partial charge >= 0.3 is 13.9 Å². The van der Waals surface area contributed by atoms with E-state index < -0.39 is 37.9 Å². The van der Waals surface area contributed by atoms with Crippen LogP contribution in [0.15, 0.2) is 9.59 Å². The van der Waals surface area contributed by atoms with Gasteiger partial charge in [-0.05, 0) is 0 Å². The number of rotatable bonds is 4. The lowest BCUT2D eigenvalue weighted by molar-refractivity contribution is -0.0394. The summed E-state index contributed by atoms with van der Waals surface area (Å²) in [6.45, 7) is -0.323. The molecule has 2 aromatic rings. The number of imidazole rings is 1. The molecule has 4 atom stereocenters. The number of nitrogens with one attached hydrogen (secondary N) is 2. The van der Waals surface area contributed by atoms with Crippen molar-refractivity contribution in [1.29, 1.82) is 0 Å². The monoisotopic (exact) mass is 346 g/mol. The Hall–Kier alpha value is -2.11. The van der Waals surface area contributed by atoms with E-state index in [4.69, 9.17) is 15.4 Å². The summed E-state index contributed by atoms with van der Waals surface area (Å²) >= 11 is 0. The molecule has 23 heavy (non-hydrogen) atoms. The first-order chi connectivity index (χ1) is 10.9. The highest BCUT2D eigenvalue weighted by atomic mass is 31.1. The molecule has 0 aliphatic carbocycles. The zero-order valence-electron chi connectivity index (χ0n) is 11.5. The Morgan fingerprint density at radius 1 is 1.48 bits per heavy atom. The molecule has 12 nitrogen and oxygen atoms in total. The molecule has 1 fully saturated rings. The van der Waals surface area contributed by atoms with Crippen LogP contribution in [0.4, 0.5) is 5.95 Å². The second kappa shape index (κ2) is 5.83. The number of aromatic nitrogens is 4. The van der Waals surface area contributed by atoms with Crippen molar-refractivity contribution in [1.82, 2.24) is 19.5 Å². The maximum absolute atomic E-state index is 12.1. The first-order valence-electron chi connectivity index (χ1n) is 6.49. The van der Waals surface area contributed by atoms with E-state index in [0.29, 0.717) is 0 Å². The highest BCUT2D eigenvalue weighted by Crippen LogP contribution is 2.30. The normalized spacial score (nSPS) is 25.1. The minimum Gasteiger partial charge on any atom is -0.390 e. The Bertz CT molecular complexity index is 873. The molecule has 0 saturated carbocycles. The van der Waals surface area contributed by atoms with Gasteiger partial charge < -0.3 is 15.6 Å². The van der Waals surface area contributed by atoms with Crippen LogP contribution in [-0.4, -0.2) is 48.3 Å². The summed E-state index contributed by atoms with van der Waals surface area (Å²) in [5, 5.41) is 9.92. The number of hydrogen-bond donors (Lipinski definition) is 5. The third-order valence-corrected chi connectivity index (χ3v) is 3.81. The smallest absolute Gasteiger partial charge is 0.390 e. The number of aliphatic hydroxyl groups is 1. The number of hydrogen-bond acceptors (Lipinski definition) is 8. The fraction of sp³-hybridized carbons (Fsp3) is 0.500. The van der Waals surface area contributed by atoms with Gasteiger partial charge in [-0.3, -0.25) is 14.8 Å². The quantitative estimate of drug-likeness (QED) is 0.403. The van der Waals surface area contributed by atoms with Gasteiger partial charge in [0, 0.05) is 11.0 Å². The molecule has 3 heterocycles. The van der Waals surface area contributed by atoms with Crippen LogP contribution in [0, 0.1) is 0 Å². The van der Waals surface area contributed by atoms with Crippen LogP contribution in [-0.2, 0) is 13.8 Å². The van der Waals surface area contributed by atoms with Crippen molar-refractivity contribution in [3.8, 4) is 0 Å². The molecule has 3 rings (SSSR count). The number of fused-ring (bicyclic) bond motifs is 1. The first-order valence-corrected chi connectivity index (χ1v) is 7.62. The molecule has 6 N–H and O–H groups in total. The van der Waals surface area contributed by atoms with Crippen LogP contribution >= 0.6 is 8.25 Å². The van der Waals surface area contributed by atoms with Gasteiger partial charge in [0.15, 0.2) is 11.2 Å². The molecule has 1 saturated heterocycles. The summed E-state index contributed by atoms with van der Waals surface area (Å²) in [6, 6.07) is 0. The van der Waals surface area contributed by atoms with Gasteiger partial charge in [0.1, 0.15) is 18.9 Å². The lowest BCUT2D eigenvalue weighted by atomic mass is 10.2. The van der Waals surface area contributed by atoms with Crippen molar-refractivity contribution in [2.75, 3.05) is 12.3 Å². The number of aromatic amines is 2. The maximum Gasteiger partial charge on any atom is 0.694 e. The van der Waals surface area contributed by atoms with E-state index >= 15 is 0 Å². The maximum atomic E-state index is 12.1. The average molecular weight is 346 g/mol. The summed E-state index contributed by atoms with van der Waals surface area (Å²) in [7, 11) is -2.83. The number of nitrogen functional groups attached to an aromatic ring is 1. The molecule has 0 bridgehead atoms. The zero-order chi connectivity index (χ0) is 16.7. The highest BCUT2D eigenvalue weighted by Gasteiger charge is 2.38. The molecule has 4 unspecified atom stereocenters. The van der Waals surface area contributed by atoms with Crippen molar-refractivity contribution in [2.45, 2.75) is 24.9 Å². The first kappa shape index (κ1) is 15.8. The largest absolute Gasteiger partial charge is 0.694 e. The summed E-state index contributed by atoms with van der Waals surface area (Å²) in [4.78, 5) is 40.9. The summed E-state index contributed by atoms with van der Waals surface area (Å²) in [5.74, 6) is -0.175.